The van der Waals surface area contributed by atoms with Crippen LogP contribution in [0.4, 0.5) is 4.39 Å². The molecule has 0 unspecified atom stereocenters. The maximum Gasteiger partial charge on any atom is 0.224 e. The minimum atomic E-state index is -0.152. The van der Waals surface area contributed by atoms with Crippen LogP contribution in [0.2, 0.25) is 0 Å². The van der Waals surface area contributed by atoms with Crippen molar-refractivity contribution in [2.24, 2.45) is 5.92 Å². The normalized spacial score (nSPS) is 26.0. The topological polar surface area (TPSA) is 35.6 Å². The predicted molar refractivity (Wildman–Crippen MR) is 100 cm³/mol. The fourth-order valence-electron chi connectivity index (χ4n) is 4.43. The molecule has 1 aromatic rings. The van der Waals surface area contributed by atoms with Crippen molar-refractivity contribution in [2.45, 2.75) is 57.2 Å². The summed E-state index contributed by atoms with van der Waals surface area (Å²) in [7, 11) is 0. The van der Waals surface area contributed by atoms with Crippen LogP contribution in [0, 0.1) is 11.7 Å². The van der Waals surface area contributed by atoms with Crippen molar-refractivity contribution < 1.29 is 9.18 Å². The Hall–Kier alpha value is -1.46. The molecule has 26 heavy (non-hydrogen) atoms. The second-order valence-corrected chi connectivity index (χ2v) is 8.25. The number of likely N-dealkylation sites (tertiary alicyclic amines) is 2. The van der Waals surface area contributed by atoms with Crippen LogP contribution in [0.1, 0.15) is 44.1 Å². The minimum Gasteiger partial charge on any atom is -0.353 e. The van der Waals surface area contributed by atoms with Gasteiger partial charge < -0.3 is 5.32 Å². The molecule has 0 bridgehead atoms. The van der Waals surface area contributed by atoms with E-state index in [0.29, 0.717) is 12.1 Å². The van der Waals surface area contributed by atoms with E-state index in [1.54, 1.807) is 12.1 Å². The zero-order valence-corrected chi connectivity index (χ0v) is 15.5. The average molecular weight is 359 g/mol. The predicted octanol–water partition coefficient (Wildman–Crippen LogP) is 2.78. The van der Waals surface area contributed by atoms with Crippen LogP contribution in [0.15, 0.2) is 24.3 Å². The number of halogens is 1. The zero-order valence-electron chi connectivity index (χ0n) is 15.5. The van der Waals surface area contributed by atoms with Crippen molar-refractivity contribution in [2.75, 3.05) is 26.2 Å². The van der Waals surface area contributed by atoms with Crippen LogP contribution in [-0.4, -0.2) is 54.0 Å². The molecule has 1 aliphatic carbocycles. The Labute approximate surface area is 155 Å². The van der Waals surface area contributed by atoms with Crippen LogP contribution < -0.4 is 5.32 Å². The van der Waals surface area contributed by atoms with Crippen LogP contribution in [0.25, 0.3) is 0 Å². The average Bonchev–Trinajstić information content (AvgIpc) is 3.46. The second kappa shape index (κ2) is 8.05. The molecule has 3 aliphatic rings. The fraction of sp³-hybridized carbons (Fsp3) is 0.667. The number of nitrogens with zero attached hydrogens (tertiary/aromatic N) is 2. The highest BCUT2D eigenvalue weighted by Gasteiger charge is 2.33. The maximum absolute atomic E-state index is 13.4. The van der Waals surface area contributed by atoms with Gasteiger partial charge in [-0.1, -0.05) is 12.1 Å². The van der Waals surface area contributed by atoms with E-state index in [0.717, 1.165) is 76.8 Å². The second-order valence-electron chi connectivity index (χ2n) is 8.25. The lowest BCUT2D eigenvalue weighted by atomic mass is 9.93. The fourth-order valence-corrected chi connectivity index (χ4v) is 4.43. The monoisotopic (exact) mass is 359 g/mol. The first-order valence-corrected chi connectivity index (χ1v) is 10.2. The van der Waals surface area contributed by atoms with Crippen LogP contribution >= 0.6 is 0 Å². The van der Waals surface area contributed by atoms with Crippen molar-refractivity contribution in [1.82, 2.24) is 15.1 Å². The summed E-state index contributed by atoms with van der Waals surface area (Å²) in [6.45, 7) is 4.99. The molecule has 2 heterocycles. The number of nitrogens with one attached hydrogen (secondary N) is 1. The van der Waals surface area contributed by atoms with E-state index in [1.807, 2.05) is 6.07 Å². The summed E-state index contributed by atoms with van der Waals surface area (Å²) < 4.78 is 13.4. The van der Waals surface area contributed by atoms with Gasteiger partial charge in [0.2, 0.25) is 5.91 Å². The van der Waals surface area contributed by atoms with Gasteiger partial charge in [-0.3, -0.25) is 14.6 Å². The lowest BCUT2D eigenvalue weighted by Crippen LogP contribution is -2.50. The number of rotatable bonds is 5. The quantitative estimate of drug-likeness (QED) is 0.878. The van der Waals surface area contributed by atoms with Gasteiger partial charge in [-0.05, 0) is 75.9 Å². The molecule has 3 fully saturated rings. The van der Waals surface area contributed by atoms with Crippen molar-refractivity contribution in [3.8, 4) is 0 Å². The molecular weight excluding hydrogens is 329 g/mol. The Kier molecular flexibility index (Phi) is 5.55. The number of hydrogen-bond acceptors (Lipinski definition) is 3. The molecule has 2 aliphatic heterocycles. The van der Waals surface area contributed by atoms with E-state index in [-0.39, 0.29) is 17.6 Å². The van der Waals surface area contributed by atoms with Crippen LogP contribution in [0.3, 0.4) is 0 Å². The highest BCUT2D eigenvalue weighted by molar-refractivity contribution is 5.79. The number of carbonyl (C=O) groups is 1. The third-order valence-corrected chi connectivity index (χ3v) is 6.12. The molecule has 0 radical (unpaired) electrons. The van der Waals surface area contributed by atoms with Gasteiger partial charge in [0.15, 0.2) is 0 Å². The summed E-state index contributed by atoms with van der Waals surface area (Å²) in [4.78, 5) is 17.4. The van der Waals surface area contributed by atoms with E-state index in [2.05, 4.69) is 15.1 Å². The Morgan fingerprint density at radius 1 is 1.12 bits per heavy atom. The molecule has 0 aromatic heterocycles. The third kappa shape index (κ3) is 4.63. The Morgan fingerprint density at radius 2 is 1.92 bits per heavy atom. The molecule has 5 heteroatoms. The SMILES string of the molecule is O=C(NC1CC1)[C@H]1CCCN(C2CCN(Cc3cccc(F)c3)CC2)C1. The van der Waals surface area contributed by atoms with Gasteiger partial charge in [-0.25, -0.2) is 4.39 Å². The lowest BCUT2D eigenvalue weighted by Gasteiger charge is -2.42. The first kappa shape index (κ1) is 17.9. The summed E-state index contributed by atoms with van der Waals surface area (Å²) in [5, 5.41) is 3.18. The molecule has 1 atom stereocenters. The third-order valence-electron chi connectivity index (χ3n) is 6.12. The molecule has 4 nitrogen and oxygen atoms in total. The maximum atomic E-state index is 13.4. The number of carbonyl (C=O) groups excluding carboxylic acids is 1. The molecule has 1 aromatic carbocycles. The highest BCUT2D eigenvalue weighted by atomic mass is 19.1. The minimum absolute atomic E-state index is 0.152. The smallest absolute Gasteiger partial charge is 0.224 e. The Morgan fingerprint density at radius 3 is 2.65 bits per heavy atom. The van der Waals surface area contributed by atoms with Gasteiger partial charge in [0.1, 0.15) is 5.82 Å². The molecule has 4 rings (SSSR count). The standard InChI is InChI=1S/C21H30FN3O/c22-18-5-1-3-16(13-18)14-24-11-8-20(9-12-24)25-10-2-4-17(15-25)21(26)23-19-6-7-19/h1,3,5,13,17,19-20H,2,4,6-12,14-15H2,(H,23,26)/t17-/m0/s1. The Balaban J connectivity index is 1.25. The van der Waals surface area contributed by atoms with Crippen molar-refractivity contribution >= 4 is 5.91 Å². The number of amides is 1. The van der Waals surface area contributed by atoms with Gasteiger partial charge in [0.05, 0.1) is 5.92 Å². The molecular formula is C21H30FN3O. The molecule has 142 valence electrons. The molecule has 1 saturated carbocycles. The van der Waals surface area contributed by atoms with E-state index in [1.165, 1.54) is 6.07 Å². The van der Waals surface area contributed by atoms with Crippen LogP contribution in [-0.2, 0) is 11.3 Å². The number of benzene rings is 1. The highest BCUT2D eigenvalue weighted by Crippen LogP contribution is 2.26. The van der Waals surface area contributed by atoms with Gasteiger partial charge >= 0.3 is 0 Å². The molecule has 2 saturated heterocycles. The van der Waals surface area contributed by atoms with Crippen molar-refractivity contribution in [1.29, 1.82) is 0 Å². The first-order valence-electron chi connectivity index (χ1n) is 10.2. The summed E-state index contributed by atoms with van der Waals surface area (Å²) in [6, 6.07) is 7.99. The molecule has 1 amide bonds. The van der Waals surface area contributed by atoms with Gasteiger partial charge in [-0.15, -0.1) is 0 Å². The number of piperidine rings is 2. The van der Waals surface area contributed by atoms with Crippen molar-refractivity contribution in [3.63, 3.8) is 0 Å². The Bertz CT molecular complexity index is 625. The van der Waals surface area contributed by atoms with Crippen molar-refractivity contribution in [3.05, 3.63) is 35.6 Å². The van der Waals surface area contributed by atoms with Gasteiger partial charge in [-0.2, -0.15) is 0 Å². The van der Waals surface area contributed by atoms with E-state index in [9.17, 15) is 9.18 Å². The van der Waals surface area contributed by atoms with E-state index in [4.69, 9.17) is 0 Å². The summed E-state index contributed by atoms with van der Waals surface area (Å²) in [6.07, 6.45) is 6.77. The van der Waals surface area contributed by atoms with Gasteiger partial charge in [0.25, 0.3) is 0 Å². The summed E-state index contributed by atoms with van der Waals surface area (Å²) in [5.74, 6) is 0.302. The number of hydrogen-bond donors (Lipinski definition) is 1. The van der Waals surface area contributed by atoms with Gasteiger partial charge in [0, 0.05) is 25.2 Å². The van der Waals surface area contributed by atoms with Crippen LogP contribution in [0.5, 0.6) is 0 Å². The zero-order chi connectivity index (χ0) is 17.9. The van der Waals surface area contributed by atoms with E-state index < -0.39 is 0 Å². The molecule has 0 spiro atoms. The molecule has 1 N–H and O–H groups in total. The summed E-state index contributed by atoms with van der Waals surface area (Å²) >= 11 is 0. The van der Waals surface area contributed by atoms with E-state index >= 15 is 0 Å². The largest absolute Gasteiger partial charge is 0.353 e. The lowest BCUT2D eigenvalue weighted by molar-refractivity contribution is -0.127. The summed E-state index contributed by atoms with van der Waals surface area (Å²) in [5.41, 5.74) is 1.05. The first-order chi connectivity index (χ1) is 12.7.